The Morgan fingerprint density at radius 3 is 2.57 bits per heavy atom. The van der Waals surface area contributed by atoms with Crippen LogP contribution in [-0.2, 0) is 0 Å². The molecule has 5 heteroatoms. The molecule has 0 heterocycles. The Labute approximate surface area is 125 Å². The first-order chi connectivity index (χ1) is 10.1. The maximum atomic E-state index is 12.8. The lowest BCUT2D eigenvalue weighted by Crippen LogP contribution is -2.41. The van der Waals surface area contributed by atoms with Crippen LogP contribution in [0.1, 0.15) is 54.9 Å². The molecule has 114 valence electrons. The summed E-state index contributed by atoms with van der Waals surface area (Å²) in [5.74, 6) is -0.209. The standard InChI is InChI=1S/C16H22N2O3/c1-3-17(13-9-5-4-6-10-13)16(19)14-11-7-8-12(2)15(14)18(20)21/h7-8,11,13H,3-6,9-10H2,1-2H3. The summed E-state index contributed by atoms with van der Waals surface area (Å²) in [7, 11) is 0. The minimum absolute atomic E-state index is 0.0586. The predicted octanol–water partition coefficient (Wildman–Crippen LogP) is 3.70. The van der Waals surface area contributed by atoms with Crippen molar-refractivity contribution in [2.45, 2.75) is 52.0 Å². The van der Waals surface area contributed by atoms with Gasteiger partial charge < -0.3 is 4.90 Å². The second kappa shape index (κ2) is 6.70. The Bertz CT molecular complexity index is 536. The van der Waals surface area contributed by atoms with Crippen molar-refractivity contribution >= 4 is 11.6 Å². The van der Waals surface area contributed by atoms with E-state index in [4.69, 9.17) is 0 Å². The fourth-order valence-corrected chi connectivity index (χ4v) is 3.19. The molecule has 1 aromatic rings. The Kier molecular flexibility index (Phi) is 4.94. The van der Waals surface area contributed by atoms with Crippen LogP contribution >= 0.6 is 0 Å². The Morgan fingerprint density at radius 2 is 2.00 bits per heavy atom. The van der Waals surface area contributed by atoms with E-state index in [0.29, 0.717) is 12.1 Å². The number of amides is 1. The Balaban J connectivity index is 2.33. The molecule has 1 saturated carbocycles. The van der Waals surface area contributed by atoms with Gasteiger partial charge in [-0.2, -0.15) is 0 Å². The Hall–Kier alpha value is -1.91. The van der Waals surface area contributed by atoms with Crippen LogP contribution in [0.3, 0.4) is 0 Å². The zero-order chi connectivity index (χ0) is 15.4. The number of benzene rings is 1. The van der Waals surface area contributed by atoms with Crippen LogP contribution in [0, 0.1) is 17.0 Å². The lowest BCUT2D eigenvalue weighted by molar-refractivity contribution is -0.385. The second-order valence-electron chi connectivity index (χ2n) is 5.61. The SMILES string of the molecule is CCN(C(=O)c1cccc(C)c1[N+](=O)[O-])C1CCCCC1. The van der Waals surface area contributed by atoms with E-state index in [1.807, 2.05) is 6.92 Å². The van der Waals surface area contributed by atoms with Crippen molar-refractivity contribution in [3.8, 4) is 0 Å². The smallest absolute Gasteiger partial charge is 0.285 e. The van der Waals surface area contributed by atoms with E-state index in [9.17, 15) is 14.9 Å². The second-order valence-corrected chi connectivity index (χ2v) is 5.61. The van der Waals surface area contributed by atoms with Gasteiger partial charge >= 0.3 is 0 Å². The summed E-state index contributed by atoms with van der Waals surface area (Å²) in [5.41, 5.74) is 0.690. The van der Waals surface area contributed by atoms with Crippen molar-refractivity contribution in [1.29, 1.82) is 0 Å². The molecule has 1 aromatic carbocycles. The summed E-state index contributed by atoms with van der Waals surface area (Å²) in [6, 6.07) is 5.17. The number of aryl methyl sites for hydroxylation is 1. The molecule has 1 amide bonds. The predicted molar refractivity (Wildman–Crippen MR) is 81.4 cm³/mol. The third-order valence-corrected chi connectivity index (χ3v) is 4.27. The molecule has 1 aliphatic carbocycles. The van der Waals surface area contributed by atoms with Crippen molar-refractivity contribution in [3.63, 3.8) is 0 Å². The van der Waals surface area contributed by atoms with Gasteiger partial charge in [0, 0.05) is 18.2 Å². The maximum Gasteiger partial charge on any atom is 0.285 e. The number of hydrogen-bond donors (Lipinski definition) is 0. The van der Waals surface area contributed by atoms with Gasteiger partial charge in [0.15, 0.2) is 0 Å². The van der Waals surface area contributed by atoms with E-state index >= 15 is 0 Å². The fraction of sp³-hybridized carbons (Fsp3) is 0.562. The average molecular weight is 290 g/mol. The van der Waals surface area contributed by atoms with Crippen LogP contribution in [0.5, 0.6) is 0 Å². The van der Waals surface area contributed by atoms with E-state index in [1.165, 1.54) is 6.42 Å². The summed E-state index contributed by atoms with van der Waals surface area (Å²) < 4.78 is 0. The molecule has 1 aliphatic rings. The first-order valence-corrected chi connectivity index (χ1v) is 7.61. The van der Waals surface area contributed by atoms with Crippen molar-refractivity contribution in [1.82, 2.24) is 4.90 Å². The van der Waals surface area contributed by atoms with Gasteiger partial charge in [0.2, 0.25) is 0 Å². The molecule has 0 aromatic heterocycles. The number of rotatable bonds is 4. The van der Waals surface area contributed by atoms with E-state index in [0.717, 1.165) is 25.7 Å². The molecule has 0 unspecified atom stereocenters. The van der Waals surface area contributed by atoms with Gasteiger partial charge in [-0.15, -0.1) is 0 Å². The van der Waals surface area contributed by atoms with Crippen molar-refractivity contribution < 1.29 is 9.72 Å². The number of carbonyl (C=O) groups is 1. The Morgan fingerprint density at radius 1 is 1.33 bits per heavy atom. The largest absolute Gasteiger partial charge is 0.336 e. The van der Waals surface area contributed by atoms with E-state index < -0.39 is 4.92 Å². The van der Waals surface area contributed by atoms with E-state index in [-0.39, 0.29) is 23.2 Å². The molecular weight excluding hydrogens is 268 g/mol. The van der Waals surface area contributed by atoms with Crippen LogP contribution < -0.4 is 0 Å². The highest BCUT2D eigenvalue weighted by atomic mass is 16.6. The molecule has 0 saturated heterocycles. The summed E-state index contributed by atoms with van der Waals surface area (Å²) in [6.45, 7) is 4.20. The van der Waals surface area contributed by atoms with E-state index in [2.05, 4.69) is 0 Å². The van der Waals surface area contributed by atoms with Gasteiger partial charge in [-0.25, -0.2) is 0 Å². The molecule has 21 heavy (non-hydrogen) atoms. The van der Waals surface area contributed by atoms with Crippen LogP contribution in [0.2, 0.25) is 0 Å². The zero-order valence-electron chi connectivity index (χ0n) is 12.7. The molecule has 0 atom stereocenters. The zero-order valence-corrected chi connectivity index (χ0v) is 12.7. The third-order valence-electron chi connectivity index (χ3n) is 4.27. The lowest BCUT2D eigenvalue weighted by Gasteiger charge is -2.33. The minimum Gasteiger partial charge on any atom is -0.336 e. The highest BCUT2D eigenvalue weighted by molar-refractivity contribution is 5.98. The summed E-state index contributed by atoms with van der Waals surface area (Å²) in [5, 5.41) is 11.3. The van der Waals surface area contributed by atoms with Gasteiger partial charge in [-0.05, 0) is 32.8 Å². The molecule has 1 fully saturated rings. The van der Waals surface area contributed by atoms with Gasteiger partial charge in [0.1, 0.15) is 5.56 Å². The lowest BCUT2D eigenvalue weighted by atomic mass is 9.93. The summed E-state index contributed by atoms with van der Waals surface area (Å²) in [6.07, 6.45) is 5.47. The van der Waals surface area contributed by atoms with E-state index in [1.54, 1.807) is 30.0 Å². The van der Waals surface area contributed by atoms with Crippen LogP contribution in [0.25, 0.3) is 0 Å². The fourth-order valence-electron chi connectivity index (χ4n) is 3.19. The molecule has 0 radical (unpaired) electrons. The van der Waals surface area contributed by atoms with Crippen LogP contribution in [-0.4, -0.2) is 28.3 Å². The van der Waals surface area contributed by atoms with Gasteiger partial charge in [0.05, 0.1) is 4.92 Å². The van der Waals surface area contributed by atoms with Crippen molar-refractivity contribution in [3.05, 3.63) is 39.4 Å². The first-order valence-electron chi connectivity index (χ1n) is 7.61. The van der Waals surface area contributed by atoms with Crippen LogP contribution in [0.15, 0.2) is 18.2 Å². The van der Waals surface area contributed by atoms with Gasteiger partial charge in [-0.1, -0.05) is 31.4 Å². The third kappa shape index (κ3) is 3.23. The topological polar surface area (TPSA) is 63.5 Å². The minimum atomic E-state index is -0.447. The quantitative estimate of drug-likeness (QED) is 0.627. The van der Waals surface area contributed by atoms with Gasteiger partial charge in [-0.3, -0.25) is 14.9 Å². The number of hydrogen-bond acceptors (Lipinski definition) is 3. The van der Waals surface area contributed by atoms with Crippen LogP contribution in [0.4, 0.5) is 5.69 Å². The molecule has 2 rings (SSSR count). The molecule has 5 nitrogen and oxygen atoms in total. The number of nitro benzene ring substituents is 1. The summed E-state index contributed by atoms with van der Waals surface area (Å²) >= 11 is 0. The number of para-hydroxylation sites is 1. The van der Waals surface area contributed by atoms with Crippen molar-refractivity contribution in [2.75, 3.05) is 6.54 Å². The molecule has 0 N–H and O–H groups in total. The monoisotopic (exact) mass is 290 g/mol. The molecule has 0 bridgehead atoms. The number of nitro groups is 1. The first kappa shape index (κ1) is 15.5. The molecular formula is C16H22N2O3. The number of nitrogens with zero attached hydrogens (tertiary/aromatic N) is 2. The van der Waals surface area contributed by atoms with Gasteiger partial charge in [0.25, 0.3) is 11.6 Å². The van der Waals surface area contributed by atoms with Crippen molar-refractivity contribution in [2.24, 2.45) is 0 Å². The highest BCUT2D eigenvalue weighted by Gasteiger charge is 2.30. The number of carbonyl (C=O) groups excluding carboxylic acids is 1. The normalized spacial score (nSPS) is 15.7. The average Bonchev–Trinajstić information content (AvgIpc) is 2.48. The molecule has 0 spiro atoms. The summed E-state index contributed by atoms with van der Waals surface area (Å²) in [4.78, 5) is 25.4. The molecule has 0 aliphatic heterocycles. The highest BCUT2D eigenvalue weighted by Crippen LogP contribution is 2.28. The maximum absolute atomic E-state index is 12.8.